The van der Waals surface area contributed by atoms with Crippen LogP contribution in [0.5, 0.6) is 0 Å². The van der Waals surface area contributed by atoms with Crippen LogP contribution < -0.4 is 21.3 Å². The summed E-state index contributed by atoms with van der Waals surface area (Å²) in [5.74, 6) is -0.610. The van der Waals surface area contributed by atoms with Crippen molar-refractivity contribution in [1.29, 1.82) is 0 Å². The van der Waals surface area contributed by atoms with Crippen LogP contribution in [0.15, 0.2) is 60.8 Å². The van der Waals surface area contributed by atoms with Gasteiger partial charge in [0.15, 0.2) is 0 Å². The van der Waals surface area contributed by atoms with Crippen molar-refractivity contribution in [2.75, 3.05) is 17.2 Å². The molecule has 1 aromatic heterocycles. The minimum absolute atomic E-state index is 0.0252. The standard InChI is InChI=1S/C35H43N7O4/c1-22(2)28-21-42(34(46)39-28)35(33(45)38-26-12-8-5-9-13-26)19-24-14-15-27(18-25(24)20-35)37-32(44)30(23-10-6-4-7-11-23)40-31(43)29-16-17-36-41(29)3/h5,8-9,12-18,22-23,28,30H,4,6-7,10-11,19-21H2,1-3H3,(H,37,44)(H,38,45)(H,39,46)(H,40,43)/t28-,30-,35?/m0/s1. The molecule has 11 heteroatoms. The first-order valence-electron chi connectivity index (χ1n) is 16.3. The second-order valence-electron chi connectivity index (χ2n) is 13.3. The van der Waals surface area contributed by atoms with Crippen molar-refractivity contribution in [3.8, 4) is 0 Å². The molecule has 46 heavy (non-hydrogen) atoms. The Kier molecular flexibility index (Phi) is 8.84. The highest BCUT2D eigenvalue weighted by Crippen LogP contribution is 2.39. The molecule has 4 N–H and O–H groups in total. The number of anilines is 2. The van der Waals surface area contributed by atoms with Gasteiger partial charge < -0.3 is 26.2 Å². The lowest BCUT2D eigenvalue weighted by Crippen LogP contribution is -2.59. The maximum Gasteiger partial charge on any atom is 0.318 e. The number of amides is 5. The van der Waals surface area contributed by atoms with Gasteiger partial charge in [-0.3, -0.25) is 19.1 Å². The summed E-state index contributed by atoms with van der Waals surface area (Å²) in [6, 6.07) is 15.6. The average Bonchev–Trinajstić information content (AvgIpc) is 3.77. The molecule has 0 radical (unpaired) electrons. The number of benzene rings is 2. The van der Waals surface area contributed by atoms with Crippen LogP contribution in [0.3, 0.4) is 0 Å². The Hall–Kier alpha value is -4.67. The molecule has 1 aliphatic heterocycles. The number of hydrogen-bond donors (Lipinski definition) is 4. The Bertz CT molecular complexity index is 1610. The Morgan fingerprint density at radius 3 is 2.35 bits per heavy atom. The lowest BCUT2D eigenvalue weighted by atomic mass is 9.83. The van der Waals surface area contributed by atoms with Crippen molar-refractivity contribution in [3.63, 3.8) is 0 Å². The van der Waals surface area contributed by atoms with Gasteiger partial charge in [-0.2, -0.15) is 5.10 Å². The lowest BCUT2D eigenvalue weighted by Gasteiger charge is -2.36. The number of nitrogens with one attached hydrogen (secondary N) is 4. The van der Waals surface area contributed by atoms with E-state index in [9.17, 15) is 19.2 Å². The third-order valence-corrected chi connectivity index (χ3v) is 9.89. The van der Waals surface area contributed by atoms with Gasteiger partial charge in [-0.1, -0.05) is 57.4 Å². The van der Waals surface area contributed by atoms with Crippen LogP contribution in [0.1, 0.15) is 67.6 Å². The summed E-state index contributed by atoms with van der Waals surface area (Å²) in [5, 5.41) is 16.3. The van der Waals surface area contributed by atoms with Gasteiger partial charge in [0.1, 0.15) is 17.3 Å². The van der Waals surface area contributed by atoms with E-state index >= 15 is 0 Å². The number of fused-ring (bicyclic) bond motifs is 1. The van der Waals surface area contributed by atoms with Crippen molar-refractivity contribution in [2.24, 2.45) is 18.9 Å². The molecule has 3 aromatic rings. The van der Waals surface area contributed by atoms with Crippen LogP contribution >= 0.6 is 0 Å². The van der Waals surface area contributed by atoms with Crippen molar-refractivity contribution >= 4 is 35.1 Å². The zero-order chi connectivity index (χ0) is 32.4. The van der Waals surface area contributed by atoms with Gasteiger partial charge in [-0.25, -0.2) is 4.79 Å². The molecule has 5 amide bonds. The molecule has 0 spiro atoms. The number of aryl methyl sites for hydroxylation is 1. The first kappa shape index (κ1) is 31.3. The minimum atomic E-state index is -1.13. The maximum atomic E-state index is 14.1. The van der Waals surface area contributed by atoms with Gasteiger partial charge >= 0.3 is 6.03 Å². The van der Waals surface area contributed by atoms with E-state index in [0.717, 1.165) is 43.2 Å². The highest BCUT2D eigenvalue weighted by Gasteiger charge is 2.53. The van der Waals surface area contributed by atoms with E-state index in [-0.39, 0.29) is 41.6 Å². The molecule has 1 unspecified atom stereocenters. The van der Waals surface area contributed by atoms with Crippen molar-refractivity contribution in [3.05, 3.63) is 77.6 Å². The first-order chi connectivity index (χ1) is 22.1. The summed E-state index contributed by atoms with van der Waals surface area (Å²) < 4.78 is 1.50. The van der Waals surface area contributed by atoms with E-state index in [2.05, 4.69) is 40.2 Å². The summed E-state index contributed by atoms with van der Waals surface area (Å²) in [6.07, 6.45) is 7.12. The molecule has 1 saturated heterocycles. The van der Waals surface area contributed by atoms with Crippen LogP contribution in [0, 0.1) is 11.8 Å². The molecule has 2 aromatic carbocycles. The SMILES string of the molecule is CC(C)[C@@H]1CN(C2(C(=O)Nc3ccccc3)Cc3ccc(NC(=O)[C@@H](NC(=O)c4ccnn4C)C4CCCCC4)cc3C2)C(=O)N1. The number of aromatic nitrogens is 2. The molecular weight excluding hydrogens is 582 g/mol. The number of carbonyl (C=O) groups is 4. The number of nitrogens with zero attached hydrogens (tertiary/aromatic N) is 3. The fourth-order valence-electron chi connectivity index (χ4n) is 7.18. The van der Waals surface area contributed by atoms with Crippen molar-refractivity contribution < 1.29 is 19.2 Å². The topological polar surface area (TPSA) is 137 Å². The monoisotopic (exact) mass is 625 g/mol. The molecule has 242 valence electrons. The molecule has 11 nitrogen and oxygen atoms in total. The summed E-state index contributed by atoms with van der Waals surface area (Å²) in [5.41, 5.74) is 2.37. The second kappa shape index (κ2) is 13.0. The quantitative estimate of drug-likeness (QED) is 0.282. The fourth-order valence-corrected chi connectivity index (χ4v) is 7.18. The van der Waals surface area contributed by atoms with Crippen LogP contribution in [-0.2, 0) is 29.5 Å². The summed E-state index contributed by atoms with van der Waals surface area (Å²) in [6.45, 7) is 4.54. The highest BCUT2D eigenvalue weighted by molar-refractivity contribution is 6.03. The Labute approximate surface area is 269 Å². The van der Waals surface area contributed by atoms with Crippen LogP contribution in [-0.4, -0.2) is 62.6 Å². The molecule has 3 atom stereocenters. The van der Waals surface area contributed by atoms with E-state index < -0.39 is 11.6 Å². The normalized spacial score (nSPS) is 21.9. The van der Waals surface area contributed by atoms with E-state index in [1.807, 2.05) is 48.5 Å². The van der Waals surface area contributed by atoms with Gasteiger partial charge in [0.05, 0.1) is 6.04 Å². The predicted octanol–water partition coefficient (Wildman–Crippen LogP) is 4.26. The molecule has 1 saturated carbocycles. The third kappa shape index (κ3) is 6.23. The van der Waals surface area contributed by atoms with Crippen molar-refractivity contribution in [1.82, 2.24) is 25.3 Å². The lowest BCUT2D eigenvalue weighted by molar-refractivity contribution is -0.125. The maximum absolute atomic E-state index is 14.1. The zero-order valence-electron chi connectivity index (χ0n) is 26.7. The third-order valence-electron chi connectivity index (χ3n) is 9.89. The fraction of sp³-hybridized carbons (Fsp3) is 0.457. The molecule has 3 aliphatic rings. The molecule has 2 fully saturated rings. The van der Waals surface area contributed by atoms with E-state index in [1.54, 1.807) is 24.2 Å². The minimum Gasteiger partial charge on any atom is -0.339 e. The van der Waals surface area contributed by atoms with E-state index in [1.165, 1.54) is 4.68 Å². The number of hydrogen-bond acceptors (Lipinski definition) is 5. The molecule has 0 bridgehead atoms. The van der Waals surface area contributed by atoms with Crippen molar-refractivity contribution in [2.45, 2.75) is 76.4 Å². The Morgan fingerprint density at radius 1 is 0.935 bits per heavy atom. The number of rotatable bonds is 9. The largest absolute Gasteiger partial charge is 0.339 e. The zero-order valence-corrected chi connectivity index (χ0v) is 26.7. The van der Waals surface area contributed by atoms with Crippen LogP contribution in [0.25, 0.3) is 0 Å². The summed E-state index contributed by atoms with van der Waals surface area (Å²) in [4.78, 5) is 56.1. The average molecular weight is 626 g/mol. The van der Waals surface area contributed by atoms with Gasteiger partial charge in [0, 0.05) is 44.0 Å². The molecule has 2 aliphatic carbocycles. The van der Waals surface area contributed by atoms with Crippen LogP contribution in [0.2, 0.25) is 0 Å². The predicted molar refractivity (Wildman–Crippen MR) is 175 cm³/mol. The summed E-state index contributed by atoms with van der Waals surface area (Å²) >= 11 is 0. The molecular formula is C35H43N7O4. The molecule has 2 heterocycles. The van der Waals surface area contributed by atoms with Gasteiger partial charge in [0.25, 0.3) is 11.8 Å². The second-order valence-corrected chi connectivity index (χ2v) is 13.3. The number of urea groups is 1. The number of para-hydroxylation sites is 1. The van der Waals surface area contributed by atoms with Gasteiger partial charge in [-0.15, -0.1) is 0 Å². The number of carbonyl (C=O) groups excluding carboxylic acids is 4. The summed E-state index contributed by atoms with van der Waals surface area (Å²) in [7, 11) is 1.70. The van der Waals surface area contributed by atoms with E-state index in [4.69, 9.17) is 0 Å². The van der Waals surface area contributed by atoms with E-state index in [0.29, 0.717) is 36.5 Å². The van der Waals surface area contributed by atoms with Gasteiger partial charge in [0.2, 0.25) is 5.91 Å². The van der Waals surface area contributed by atoms with Crippen LogP contribution in [0.4, 0.5) is 16.2 Å². The Balaban J connectivity index is 1.24. The molecule has 6 rings (SSSR count). The highest BCUT2D eigenvalue weighted by atomic mass is 16.2. The Morgan fingerprint density at radius 2 is 1.67 bits per heavy atom. The first-order valence-corrected chi connectivity index (χ1v) is 16.3. The van der Waals surface area contributed by atoms with Gasteiger partial charge in [-0.05, 0) is 66.1 Å². The smallest absolute Gasteiger partial charge is 0.318 e.